The third-order valence-corrected chi connectivity index (χ3v) is 2.27. The van der Waals surface area contributed by atoms with Gasteiger partial charge in [-0.2, -0.15) is 5.10 Å². The Morgan fingerprint density at radius 3 is 2.57 bits per heavy atom. The van der Waals surface area contributed by atoms with Gasteiger partial charge in [0.2, 0.25) is 0 Å². The van der Waals surface area contributed by atoms with Crippen molar-refractivity contribution in [3.8, 4) is 0 Å². The van der Waals surface area contributed by atoms with Crippen LogP contribution in [0.25, 0.3) is 0 Å². The first-order valence-electron chi connectivity index (χ1n) is 4.59. The first-order valence-corrected chi connectivity index (χ1v) is 4.59. The number of aryl methyl sites for hydroxylation is 1. The van der Waals surface area contributed by atoms with E-state index in [1.807, 2.05) is 0 Å². The van der Waals surface area contributed by atoms with Gasteiger partial charge in [0.1, 0.15) is 5.82 Å². The zero-order valence-corrected chi connectivity index (χ0v) is 8.12. The molecule has 0 atom stereocenters. The van der Waals surface area contributed by atoms with Crippen LogP contribution in [0, 0.1) is 6.92 Å². The van der Waals surface area contributed by atoms with Crippen LogP contribution < -0.4 is 5.73 Å². The second-order valence-electron chi connectivity index (χ2n) is 3.47. The predicted octanol–water partition coefficient (Wildman–Crippen LogP) is 1.89. The normalized spacial score (nSPS) is 10.4. The fourth-order valence-electron chi connectivity index (χ4n) is 1.39. The summed E-state index contributed by atoms with van der Waals surface area (Å²) in [6.45, 7) is 2.08. The molecule has 3 nitrogen and oxygen atoms in total. The lowest BCUT2D eigenvalue weighted by Gasteiger charge is -2.00. The van der Waals surface area contributed by atoms with Crippen LogP contribution in [-0.2, 0) is 6.42 Å². The molecule has 0 saturated carbocycles. The molecule has 0 amide bonds. The number of nitrogens with zero attached hydrogens (tertiary/aromatic N) is 1. The summed E-state index contributed by atoms with van der Waals surface area (Å²) in [7, 11) is 0. The van der Waals surface area contributed by atoms with Gasteiger partial charge in [0.25, 0.3) is 0 Å². The Labute approximate surface area is 83.0 Å². The molecular weight excluding hydrogens is 174 g/mol. The second kappa shape index (κ2) is 3.54. The fraction of sp³-hybridized carbons (Fsp3) is 0.182. The summed E-state index contributed by atoms with van der Waals surface area (Å²) in [4.78, 5) is 0. The molecule has 0 saturated heterocycles. The lowest BCUT2D eigenvalue weighted by molar-refractivity contribution is 1.10. The van der Waals surface area contributed by atoms with Gasteiger partial charge in [0, 0.05) is 12.0 Å². The van der Waals surface area contributed by atoms with Crippen LogP contribution in [0.4, 0.5) is 5.82 Å². The van der Waals surface area contributed by atoms with Crippen LogP contribution in [0.5, 0.6) is 0 Å². The van der Waals surface area contributed by atoms with Crippen molar-refractivity contribution in [2.24, 2.45) is 0 Å². The summed E-state index contributed by atoms with van der Waals surface area (Å²) in [6.07, 6.45) is 2.61. The Balaban J connectivity index is 2.19. The lowest BCUT2D eigenvalue weighted by atomic mass is 10.1. The molecule has 0 aliphatic rings. The summed E-state index contributed by atoms with van der Waals surface area (Å²) < 4.78 is 0. The minimum atomic E-state index is 0.658. The second-order valence-corrected chi connectivity index (χ2v) is 3.47. The minimum absolute atomic E-state index is 0.658. The number of anilines is 1. The molecule has 3 heteroatoms. The average molecular weight is 187 g/mol. The van der Waals surface area contributed by atoms with Crippen LogP contribution in [0.1, 0.15) is 16.7 Å². The molecule has 14 heavy (non-hydrogen) atoms. The van der Waals surface area contributed by atoms with E-state index in [4.69, 9.17) is 5.73 Å². The van der Waals surface area contributed by atoms with Gasteiger partial charge in [-0.05, 0) is 12.5 Å². The first kappa shape index (κ1) is 8.81. The van der Waals surface area contributed by atoms with Crippen LogP contribution in [-0.4, -0.2) is 10.2 Å². The molecule has 1 aromatic heterocycles. The molecule has 1 aromatic carbocycles. The van der Waals surface area contributed by atoms with E-state index in [0.717, 1.165) is 12.0 Å². The van der Waals surface area contributed by atoms with Crippen molar-refractivity contribution < 1.29 is 0 Å². The first-order chi connectivity index (χ1) is 6.75. The molecule has 0 spiro atoms. The van der Waals surface area contributed by atoms with Gasteiger partial charge >= 0.3 is 0 Å². The number of aromatic nitrogens is 2. The van der Waals surface area contributed by atoms with E-state index < -0.39 is 0 Å². The third kappa shape index (κ3) is 1.76. The summed E-state index contributed by atoms with van der Waals surface area (Å²) in [5.74, 6) is 0.658. The quantitative estimate of drug-likeness (QED) is 0.754. The number of H-pyrrole nitrogens is 1. The molecule has 0 aliphatic heterocycles. The SMILES string of the molecule is Cc1ccc(Cc2cn[nH]c2N)cc1. The van der Waals surface area contributed by atoms with Gasteiger partial charge in [-0.1, -0.05) is 29.8 Å². The highest BCUT2D eigenvalue weighted by Gasteiger charge is 2.01. The van der Waals surface area contributed by atoms with Crippen molar-refractivity contribution in [3.63, 3.8) is 0 Å². The molecule has 0 aliphatic carbocycles. The van der Waals surface area contributed by atoms with E-state index >= 15 is 0 Å². The number of nitrogens with two attached hydrogens (primary N) is 1. The highest BCUT2D eigenvalue weighted by molar-refractivity contribution is 5.40. The largest absolute Gasteiger partial charge is 0.384 e. The number of aromatic amines is 1. The smallest absolute Gasteiger partial charge is 0.122 e. The molecular formula is C11H13N3. The zero-order chi connectivity index (χ0) is 9.97. The minimum Gasteiger partial charge on any atom is -0.384 e. The number of nitrogen functional groups attached to an aromatic ring is 1. The van der Waals surface area contributed by atoms with Gasteiger partial charge in [-0.15, -0.1) is 0 Å². The van der Waals surface area contributed by atoms with Crippen molar-refractivity contribution in [1.82, 2.24) is 10.2 Å². The summed E-state index contributed by atoms with van der Waals surface area (Å²) in [5, 5.41) is 6.61. The monoisotopic (exact) mass is 187 g/mol. The molecule has 1 heterocycles. The lowest BCUT2D eigenvalue weighted by Crippen LogP contribution is -1.93. The van der Waals surface area contributed by atoms with E-state index in [2.05, 4.69) is 41.4 Å². The average Bonchev–Trinajstić information content (AvgIpc) is 2.56. The molecule has 0 radical (unpaired) electrons. The van der Waals surface area contributed by atoms with E-state index in [0.29, 0.717) is 5.82 Å². The van der Waals surface area contributed by atoms with E-state index in [-0.39, 0.29) is 0 Å². The molecule has 0 unspecified atom stereocenters. The van der Waals surface area contributed by atoms with Crippen molar-refractivity contribution in [3.05, 3.63) is 47.2 Å². The number of rotatable bonds is 2. The van der Waals surface area contributed by atoms with Crippen LogP contribution in [0.2, 0.25) is 0 Å². The number of hydrogen-bond acceptors (Lipinski definition) is 2. The molecule has 3 N–H and O–H groups in total. The Hall–Kier alpha value is -1.77. The van der Waals surface area contributed by atoms with Crippen molar-refractivity contribution >= 4 is 5.82 Å². The molecule has 2 rings (SSSR count). The predicted molar refractivity (Wildman–Crippen MR) is 57.0 cm³/mol. The maximum Gasteiger partial charge on any atom is 0.122 e. The maximum absolute atomic E-state index is 5.70. The Kier molecular flexibility index (Phi) is 2.23. The summed E-state index contributed by atoms with van der Waals surface area (Å²) in [5.41, 5.74) is 9.28. The van der Waals surface area contributed by atoms with Crippen LogP contribution in [0.15, 0.2) is 30.5 Å². The fourth-order valence-corrected chi connectivity index (χ4v) is 1.39. The number of nitrogens with one attached hydrogen (secondary N) is 1. The van der Waals surface area contributed by atoms with Crippen molar-refractivity contribution in [1.29, 1.82) is 0 Å². The van der Waals surface area contributed by atoms with Gasteiger partial charge in [0.05, 0.1) is 6.20 Å². The van der Waals surface area contributed by atoms with E-state index in [1.54, 1.807) is 6.20 Å². The van der Waals surface area contributed by atoms with E-state index in [1.165, 1.54) is 11.1 Å². The standard InChI is InChI=1S/C11H13N3/c1-8-2-4-9(5-3-8)6-10-7-13-14-11(10)12/h2-5,7H,6H2,1H3,(H3,12,13,14). The third-order valence-electron chi connectivity index (χ3n) is 2.27. The summed E-state index contributed by atoms with van der Waals surface area (Å²) in [6, 6.07) is 8.43. The van der Waals surface area contributed by atoms with Crippen LogP contribution in [0.3, 0.4) is 0 Å². The Bertz CT molecular complexity index is 414. The Morgan fingerprint density at radius 2 is 2.00 bits per heavy atom. The van der Waals surface area contributed by atoms with Gasteiger partial charge < -0.3 is 5.73 Å². The molecule has 0 bridgehead atoms. The van der Waals surface area contributed by atoms with Crippen LogP contribution >= 0.6 is 0 Å². The van der Waals surface area contributed by atoms with Crippen molar-refractivity contribution in [2.75, 3.05) is 5.73 Å². The topological polar surface area (TPSA) is 54.7 Å². The highest BCUT2D eigenvalue weighted by Crippen LogP contribution is 2.13. The van der Waals surface area contributed by atoms with Gasteiger partial charge in [0.15, 0.2) is 0 Å². The molecule has 72 valence electrons. The van der Waals surface area contributed by atoms with E-state index in [9.17, 15) is 0 Å². The number of hydrogen-bond donors (Lipinski definition) is 2. The van der Waals surface area contributed by atoms with Crippen molar-refractivity contribution in [2.45, 2.75) is 13.3 Å². The highest BCUT2D eigenvalue weighted by atomic mass is 15.1. The maximum atomic E-state index is 5.70. The number of benzene rings is 1. The Morgan fingerprint density at radius 1 is 1.29 bits per heavy atom. The summed E-state index contributed by atoms with van der Waals surface area (Å²) >= 11 is 0. The molecule has 2 aromatic rings. The zero-order valence-electron chi connectivity index (χ0n) is 8.12. The van der Waals surface area contributed by atoms with Gasteiger partial charge in [-0.25, -0.2) is 0 Å². The molecule has 0 fully saturated rings. The van der Waals surface area contributed by atoms with Gasteiger partial charge in [-0.3, -0.25) is 5.10 Å².